The molecule has 1 aromatic heterocycles. The maximum Gasteiger partial charge on any atom is 0.225 e. The van der Waals surface area contributed by atoms with Gasteiger partial charge in [0.15, 0.2) is 0 Å². The van der Waals surface area contributed by atoms with Crippen LogP contribution in [0.1, 0.15) is 6.42 Å². The number of hydrogen-bond donors (Lipinski definition) is 1. The normalized spacial score (nSPS) is 10.4. The molecule has 0 saturated carbocycles. The lowest BCUT2D eigenvalue weighted by Crippen LogP contribution is -2.12. The lowest BCUT2D eigenvalue weighted by atomic mass is 10.2. The summed E-state index contributed by atoms with van der Waals surface area (Å²) in [5.41, 5.74) is 1.68. The van der Waals surface area contributed by atoms with Crippen LogP contribution in [0.25, 0.3) is 5.69 Å². The van der Waals surface area contributed by atoms with E-state index in [0.717, 1.165) is 17.1 Å². The summed E-state index contributed by atoms with van der Waals surface area (Å²) in [5.74, 6) is 0.773. The van der Waals surface area contributed by atoms with Crippen molar-refractivity contribution < 1.29 is 4.79 Å². The number of thioether (sulfide) groups is 1. The van der Waals surface area contributed by atoms with Gasteiger partial charge in [0.25, 0.3) is 0 Å². The van der Waals surface area contributed by atoms with E-state index in [1.807, 2.05) is 54.6 Å². The van der Waals surface area contributed by atoms with E-state index >= 15 is 0 Å². The highest BCUT2D eigenvalue weighted by atomic mass is 32.2. The minimum absolute atomic E-state index is 0.0157. The van der Waals surface area contributed by atoms with Crippen LogP contribution in [0.4, 0.5) is 5.69 Å². The fourth-order valence-corrected chi connectivity index (χ4v) is 2.91. The lowest BCUT2D eigenvalue weighted by Gasteiger charge is -2.06. The Morgan fingerprint density at radius 2 is 1.87 bits per heavy atom. The molecule has 0 atom stereocenters. The number of carbonyl (C=O) groups excluding carboxylic acids is 1. The molecule has 0 fully saturated rings. The second-order valence-electron chi connectivity index (χ2n) is 4.85. The number of nitrogens with one attached hydrogen (secondary N) is 1. The van der Waals surface area contributed by atoms with Gasteiger partial charge in [-0.15, -0.1) is 11.8 Å². The van der Waals surface area contributed by atoms with Crippen LogP contribution in [0.5, 0.6) is 0 Å². The molecule has 0 aliphatic heterocycles. The molecule has 0 spiro atoms. The van der Waals surface area contributed by atoms with Gasteiger partial charge in [-0.1, -0.05) is 18.2 Å². The van der Waals surface area contributed by atoms with Crippen molar-refractivity contribution >= 4 is 23.4 Å². The fourth-order valence-electron chi connectivity index (χ4n) is 2.04. The molecule has 2 aromatic carbocycles. The van der Waals surface area contributed by atoms with E-state index in [9.17, 15) is 4.79 Å². The first kappa shape index (κ1) is 15.3. The largest absolute Gasteiger partial charge is 0.326 e. The number of rotatable bonds is 6. The molecule has 0 aliphatic carbocycles. The van der Waals surface area contributed by atoms with Crippen LogP contribution >= 0.6 is 11.8 Å². The molecule has 0 radical (unpaired) electrons. The minimum Gasteiger partial charge on any atom is -0.326 e. The van der Waals surface area contributed by atoms with Crippen molar-refractivity contribution in [3.8, 4) is 5.69 Å². The first-order valence-electron chi connectivity index (χ1n) is 7.24. The van der Waals surface area contributed by atoms with Crippen molar-refractivity contribution in [2.45, 2.75) is 11.3 Å². The Bertz CT molecular complexity index is 742. The van der Waals surface area contributed by atoms with Gasteiger partial charge in [-0.3, -0.25) is 4.79 Å². The zero-order valence-corrected chi connectivity index (χ0v) is 13.2. The topological polar surface area (TPSA) is 59.8 Å². The number of anilines is 1. The molecule has 23 heavy (non-hydrogen) atoms. The molecule has 1 N–H and O–H groups in total. The predicted octanol–water partition coefficient (Wildman–Crippen LogP) is 3.39. The van der Waals surface area contributed by atoms with Crippen LogP contribution in [0.2, 0.25) is 0 Å². The standard InChI is InChI=1S/C17H16N4OS/c22-17(10-11-23-16-4-2-1-3-5-16)20-14-6-8-15(9-7-14)21-13-18-12-19-21/h1-9,12-13H,10-11H2,(H,20,22). The Hall–Kier alpha value is -2.60. The van der Waals surface area contributed by atoms with Crippen molar-refractivity contribution in [1.82, 2.24) is 14.8 Å². The van der Waals surface area contributed by atoms with Crippen LogP contribution in [0.15, 0.2) is 72.1 Å². The third-order valence-electron chi connectivity index (χ3n) is 3.18. The summed E-state index contributed by atoms with van der Waals surface area (Å²) in [6.45, 7) is 0. The van der Waals surface area contributed by atoms with Gasteiger partial charge < -0.3 is 5.32 Å². The third kappa shape index (κ3) is 4.43. The molecule has 1 heterocycles. The highest BCUT2D eigenvalue weighted by Gasteiger charge is 2.04. The summed E-state index contributed by atoms with van der Waals surface area (Å²) < 4.78 is 1.67. The highest BCUT2D eigenvalue weighted by Crippen LogP contribution is 2.18. The van der Waals surface area contributed by atoms with E-state index in [1.165, 1.54) is 11.2 Å². The summed E-state index contributed by atoms with van der Waals surface area (Å²) in [6, 6.07) is 17.6. The van der Waals surface area contributed by atoms with Crippen LogP contribution < -0.4 is 5.32 Å². The van der Waals surface area contributed by atoms with Gasteiger partial charge in [0.2, 0.25) is 5.91 Å². The summed E-state index contributed by atoms with van der Waals surface area (Å²) in [6.07, 6.45) is 3.60. The lowest BCUT2D eigenvalue weighted by molar-refractivity contribution is -0.115. The van der Waals surface area contributed by atoms with E-state index in [2.05, 4.69) is 15.4 Å². The van der Waals surface area contributed by atoms with E-state index in [1.54, 1.807) is 22.8 Å². The van der Waals surface area contributed by atoms with Crippen LogP contribution in [-0.4, -0.2) is 26.4 Å². The minimum atomic E-state index is 0.0157. The molecular formula is C17H16N4OS. The molecule has 3 aromatic rings. The molecule has 0 aliphatic rings. The maximum absolute atomic E-state index is 12.0. The molecule has 1 amide bonds. The van der Waals surface area contributed by atoms with Gasteiger partial charge in [0.05, 0.1) is 5.69 Å². The van der Waals surface area contributed by atoms with Crippen molar-refractivity contribution in [2.24, 2.45) is 0 Å². The Kier molecular flexibility index (Phi) is 5.06. The number of hydrogen-bond acceptors (Lipinski definition) is 4. The molecule has 0 bridgehead atoms. The number of aromatic nitrogens is 3. The summed E-state index contributed by atoms with van der Waals surface area (Å²) in [4.78, 5) is 17.1. The van der Waals surface area contributed by atoms with Crippen LogP contribution in [-0.2, 0) is 4.79 Å². The van der Waals surface area contributed by atoms with Gasteiger partial charge in [-0.2, -0.15) is 5.10 Å². The Balaban J connectivity index is 1.48. The van der Waals surface area contributed by atoms with Gasteiger partial charge in [-0.25, -0.2) is 9.67 Å². The van der Waals surface area contributed by atoms with E-state index in [-0.39, 0.29) is 5.91 Å². The molecule has 5 nitrogen and oxygen atoms in total. The quantitative estimate of drug-likeness (QED) is 0.706. The average molecular weight is 324 g/mol. The molecular weight excluding hydrogens is 308 g/mol. The maximum atomic E-state index is 12.0. The molecule has 116 valence electrons. The fraction of sp³-hybridized carbons (Fsp3) is 0.118. The Morgan fingerprint density at radius 1 is 1.09 bits per heavy atom. The van der Waals surface area contributed by atoms with Gasteiger partial charge >= 0.3 is 0 Å². The first-order valence-corrected chi connectivity index (χ1v) is 8.22. The highest BCUT2D eigenvalue weighted by molar-refractivity contribution is 7.99. The van der Waals surface area contributed by atoms with Crippen molar-refractivity contribution in [2.75, 3.05) is 11.1 Å². The number of nitrogens with zero attached hydrogens (tertiary/aromatic N) is 3. The zero-order chi connectivity index (χ0) is 15.9. The smallest absolute Gasteiger partial charge is 0.225 e. The summed E-state index contributed by atoms with van der Waals surface area (Å²) in [5, 5.41) is 6.96. The van der Waals surface area contributed by atoms with Gasteiger partial charge in [-0.05, 0) is 36.4 Å². The zero-order valence-electron chi connectivity index (χ0n) is 12.4. The monoisotopic (exact) mass is 324 g/mol. The molecule has 3 rings (SSSR count). The predicted molar refractivity (Wildman–Crippen MR) is 91.8 cm³/mol. The van der Waals surface area contributed by atoms with Crippen LogP contribution in [0, 0.1) is 0 Å². The van der Waals surface area contributed by atoms with Gasteiger partial charge in [0.1, 0.15) is 12.7 Å². The van der Waals surface area contributed by atoms with E-state index in [4.69, 9.17) is 0 Å². The Labute approximate surface area is 138 Å². The summed E-state index contributed by atoms with van der Waals surface area (Å²) >= 11 is 1.68. The molecule has 0 unspecified atom stereocenters. The second-order valence-corrected chi connectivity index (χ2v) is 6.01. The van der Waals surface area contributed by atoms with E-state index < -0.39 is 0 Å². The summed E-state index contributed by atoms with van der Waals surface area (Å²) in [7, 11) is 0. The number of amides is 1. The van der Waals surface area contributed by atoms with Crippen molar-refractivity contribution in [3.63, 3.8) is 0 Å². The van der Waals surface area contributed by atoms with Crippen LogP contribution in [0.3, 0.4) is 0 Å². The number of carbonyl (C=O) groups is 1. The first-order chi connectivity index (χ1) is 11.3. The molecule has 6 heteroatoms. The number of benzene rings is 2. The second kappa shape index (κ2) is 7.60. The van der Waals surface area contributed by atoms with E-state index in [0.29, 0.717) is 6.42 Å². The van der Waals surface area contributed by atoms with Crippen molar-refractivity contribution in [3.05, 3.63) is 67.3 Å². The Morgan fingerprint density at radius 3 is 2.57 bits per heavy atom. The SMILES string of the molecule is O=C(CCSc1ccccc1)Nc1ccc(-n2cncn2)cc1. The molecule has 0 saturated heterocycles. The van der Waals surface area contributed by atoms with Crippen molar-refractivity contribution in [1.29, 1.82) is 0 Å². The van der Waals surface area contributed by atoms with Gasteiger partial charge in [0, 0.05) is 22.8 Å². The average Bonchev–Trinajstić information content (AvgIpc) is 3.11. The third-order valence-corrected chi connectivity index (χ3v) is 4.19.